The first-order chi connectivity index (χ1) is 7.90. The zero-order valence-electron chi connectivity index (χ0n) is 9.53. The van der Waals surface area contributed by atoms with E-state index in [1.54, 1.807) is 10.8 Å². The Balaban J connectivity index is 2.16. The first-order valence-electron chi connectivity index (χ1n) is 5.87. The maximum atomic E-state index is 2.37. The van der Waals surface area contributed by atoms with Crippen LogP contribution in [0, 0.1) is 6.04 Å². The van der Waals surface area contributed by atoms with E-state index in [1.165, 1.54) is 16.7 Å². The third kappa shape index (κ3) is 1.43. The fourth-order valence-corrected chi connectivity index (χ4v) is 3.91. The zero-order chi connectivity index (χ0) is 11.0. The smallest absolute Gasteiger partial charge is 0.0579 e. The van der Waals surface area contributed by atoms with E-state index in [9.17, 15) is 0 Å². The van der Waals surface area contributed by atoms with Crippen molar-refractivity contribution < 1.29 is 0 Å². The average Bonchev–Trinajstić information content (AvgIpc) is 2.69. The van der Waals surface area contributed by atoms with E-state index in [-0.39, 0.29) is 9.52 Å². The fraction of sp³-hybridized carbons (Fsp3) is 0.133. The summed E-state index contributed by atoms with van der Waals surface area (Å²) in [6, 6.07) is 18.0. The van der Waals surface area contributed by atoms with Gasteiger partial charge < -0.3 is 0 Å². The van der Waals surface area contributed by atoms with Crippen LogP contribution in [0.4, 0.5) is 0 Å². The van der Waals surface area contributed by atoms with Crippen LogP contribution in [0.15, 0.2) is 42.5 Å². The first kappa shape index (κ1) is 9.85. The van der Waals surface area contributed by atoms with Crippen molar-refractivity contribution in [2.45, 2.75) is 13.3 Å². The van der Waals surface area contributed by atoms with Gasteiger partial charge in [-0.25, -0.2) is 0 Å². The lowest BCUT2D eigenvalue weighted by Gasteiger charge is -2.06. The highest BCUT2D eigenvalue weighted by molar-refractivity contribution is 6.57. The number of hydrogen-bond acceptors (Lipinski definition) is 0. The maximum absolute atomic E-state index is 2.37. The fourth-order valence-electron chi connectivity index (χ4n) is 2.63. The molecule has 0 nitrogen and oxygen atoms in total. The van der Waals surface area contributed by atoms with Crippen LogP contribution >= 0.6 is 0 Å². The molecule has 0 atom stereocenters. The summed E-state index contributed by atoms with van der Waals surface area (Å²) in [5, 5.41) is 1.62. The number of benzene rings is 2. The minimum absolute atomic E-state index is 0.162. The highest BCUT2D eigenvalue weighted by Gasteiger charge is 2.19. The molecule has 79 valence electrons. The van der Waals surface area contributed by atoms with Gasteiger partial charge in [-0.1, -0.05) is 54.6 Å². The molecule has 0 saturated heterocycles. The molecule has 16 heavy (non-hydrogen) atoms. The maximum Gasteiger partial charge on any atom is 0.0579 e. The van der Waals surface area contributed by atoms with Crippen molar-refractivity contribution in [3.05, 3.63) is 59.6 Å². The van der Waals surface area contributed by atoms with E-state index < -0.39 is 0 Å². The summed E-state index contributed by atoms with van der Waals surface area (Å²) in [6.45, 7) is 2.19. The molecule has 0 unspecified atom stereocenters. The summed E-state index contributed by atoms with van der Waals surface area (Å²) in [6.07, 6.45) is 1.14. The molecule has 0 fully saturated rings. The van der Waals surface area contributed by atoms with E-state index >= 15 is 0 Å². The zero-order valence-corrected chi connectivity index (χ0v) is 10.9. The second-order valence-electron chi connectivity index (χ2n) is 4.39. The van der Waals surface area contributed by atoms with Crippen molar-refractivity contribution in [1.29, 1.82) is 0 Å². The predicted octanol–water partition coefficient (Wildman–Crippen LogP) is 2.23. The summed E-state index contributed by atoms with van der Waals surface area (Å²) in [7, 11) is -0.162. The van der Waals surface area contributed by atoms with Crippen molar-refractivity contribution in [2.24, 2.45) is 0 Å². The van der Waals surface area contributed by atoms with E-state index in [0.717, 1.165) is 6.42 Å². The Bertz CT molecular complexity index is 529. The molecule has 0 bridgehead atoms. The van der Waals surface area contributed by atoms with Gasteiger partial charge in [0.15, 0.2) is 0 Å². The van der Waals surface area contributed by atoms with Gasteiger partial charge in [0.2, 0.25) is 0 Å². The van der Waals surface area contributed by atoms with Gasteiger partial charge in [-0.3, -0.25) is 0 Å². The Morgan fingerprint density at radius 1 is 1.00 bits per heavy atom. The van der Waals surface area contributed by atoms with Crippen LogP contribution in [0.2, 0.25) is 0 Å². The van der Waals surface area contributed by atoms with Crippen LogP contribution in [0.5, 0.6) is 0 Å². The van der Waals surface area contributed by atoms with Crippen molar-refractivity contribution in [1.82, 2.24) is 0 Å². The first-order valence-corrected chi connectivity index (χ1v) is 7.39. The quantitative estimate of drug-likeness (QED) is 0.585. The molecule has 0 spiro atoms. The second kappa shape index (κ2) is 3.91. The Kier molecular flexibility index (Phi) is 2.41. The Morgan fingerprint density at radius 3 is 2.69 bits per heavy atom. The molecule has 2 aromatic rings. The molecule has 0 aromatic heterocycles. The molecule has 1 aliphatic rings. The van der Waals surface area contributed by atoms with Gasteiger partial charge >= 0.3 is 0 Å². The van der Waals surface area contributed by atoms with Gasteiger partial charge in [0.25, 0.3) is 0 Å². The second-order valence-corrected chi connectivity index (χ2v) is 6.38. The van der Waals surface area contributed by atoms with Crippen molar-refractivity contribution in [2.75, 3.05) is 0 Å². The lowest BCUT2D eigenvalue weighted by molar-refractivity contribution is 1.28. The van der Waals surface area contributed by atoms with Crippen molar-refractivity contribution in [3.8, 4) is 11.1 Å². The molecule has 3 rings (SSSR count). The average molecular weight is 223 g/mol. The Hall–Kier alpha value is -1.34. The van der Waals surface area contributed by atoms with Gasteiger partial charge in [0.1, 0.15) is 0 Å². The summed E-state index contributed by atoms with van der Waals surface area (Å²) in [4.78, 5) is 0. The van der Waals surface area contributed by atoms with E-state index in [1.807, 2.05) is 0 Å². The van der Waals surface area contributed by atoms with E-state index in [0.29, 0.717) is 0 Å². The molecule has 1 radical (unpaired) electrons. The van der Waals surface area contributed by atoms with Gasteiger partial charge in [0.05, 0.1) is 9.52 Å². The van der Waals surface area contributed by atoms with Gasteiger partial charge in [-0.2, -0.15) is 0 Å². The largest absolute Gasteiger partial charge is 0.0651 e. The SMILES string of the molecule is C[CH][SiH2]c1cccc2c1Cc1ccccc1-2. The number of hydrogen-bond donors (Lipinski definition) is 0. The van der Waals surface area contributed by atoms with Crippen molar-refractivity contribution >= 4 is 14.7 Å². The molecular weight excluding hydrogens is 208 g/mol. The standard InChI is InChI=1S/C15H15Si/c1-2-16-15-9-5-8-13-12-7-4-3-6-11(12)10-14(13)15/h2-9H,10,16H2,1H3. The summed E-state index contributed by atoms with van der Waals surface area (Å²) >= 11 is 0. The van der Waals surface area contributed by atoms with Gasteiger partial charge in [-0.05, 0) is 34.7 Å². The lowest BCUT2D eigenvalue weighted by Crippen LogP contribution is -2.18. The minimum atomic E-state index is -0.162. The van der Waals surface area contributed by atoms with Crippen LogP contribution in [0.3, 0.4) is 0 Å². The van der Waals surface area contributed by atoms with Crippen LogP contribution in [0.25, 0.3) is 11.1 Å². The van der Waals surface area contributed by atoms with Crippen LogP contribution < -0.4 is 5.19 Å². The third-order valence-electron chi connectivity index (χ3n) is 3.37. The molecule has 0 amide bonds. The highest BCUT2D eigenvalue weighted by Crippen LogP contribution is 2.34. The third-order valence-corrected chi connectivity index (χ3v) is 4.88. The normalized spacial score (nSPS) is 13.1. The summed E-state index contributed by atoms with van der Waals surface area (Å²) < 4.78 is 0. The molecule has 0 heterocycles. The minimum Gasteiger partial charge on any atom is -0.0651 e. The summed E-state index contributed by atoms with van der Waals surface area (Å²) in [5.74, 6) is 0. The van der Waals surface area contributed by atoms with Gasteiger partial charge in [-0.15, -0.1) is 0 Å². The summed E-state index contributed by atoms with van der Waals surface area (Å²) in [5.41, 5.74) is 6.01. The van der Waals surface area contributed by atoms with Gasteiger partial charge in [0, 0.05) is 0 Å². The molecule has 0 N–H and O–H groups in total. The molecular formula is C15H15Si. The predicted molar refractivity (Wildman–Crippen MR) is 72.8 cm³/mol. The number of fused-ring (bicyclic) bond motifs is 3. The van der Waals surface area contributed by atoms with Crippen molar-refractivity contribution in [3.63, 3.8) is 0 Å². The highest BCUT2D eigenvalue weighted by atomic mass is 28.2. The van der Waals surface area contributed by atoms with Crippen LogP contribution in [-0.2, 0) is 6.42 Å². The lowest BCUT2D eigenvalue weighted by atomic mass is 10.1. The molecule has 0 saturated carbocycles. The molecule has 2 aromatic carbocycles. The van der Waals surface area contributed by atoms with E-state index in [4.69, 9.17) is 0 Å². The molecule has 1 aliphatic carbocycles. The Labute approximate surface area is 99.2 Å². The monoisotopic (exact) mass is 223 g/mol. The van der Waals surface area contributed by atoms with Crippen LogP contribution in [-0.4, -0.2) is 9.52 Å². The number of rotatable bonds is 2. The molecule has 0 aliphatic heterocycles. The molecule has 1 heteroatoms. The van der Waals surface area contributed by atoms with E-state index in [2.05, 4.69) is 55.4 Å². The topological polar surface area (TPSA) is 0 Å². The Morgan fingerprint density at radius 2 is 1.81 bits per heavy atom. The van der Waals surface area contributed by atoms with Crippen LogP contribution in [0.1, 0.15) is 18.1 Å².